The van der Waals surface area contributed by atoms with Crippen LogP contribution in [0.25, 0.3) is 10.2 Å². The van der Waals surface area contributed by atoms with Gasteiger partial charge in [0.2, 0.25) is 4.80 Å². The van der Waals surface area contributed by atoms with Gasteiger partial charge in [0, 0.05) is 12.1 Å². The molecule has 4 rings (SSSR count). The van der Waals surface area contributed by atoms with E-state index in [4.69, 9.17) is 14.2 Å². The number of nitrogens with zero attached hydrogens (tertiary/aromatic N) is 2. The van der Waals surface area contributed by atoms with Crippen molar-refractivity contribution in [3.8, 4) is 11.5 Å². The Morgan fingerprint density at radius 2 is 1.86 bits per heavy atom. The molecule has 0 saturated carbocycles. The number of hydrogen-bond acceptors (Lipinski definition) is 7. The molecule has 1 aromatic heterocycles. The minimum atomic E-state index is -3.95. The Balaban J connectivity index is 1.91. The first kappa shape index (κ1) is 19.5. The highest BCUT2D eigenvalue weighted by molar-refractivity contribution is 7.90. The summed E-state index contributed by atoms with van der Waals surface area (Å²) in [5.41, 5.74) is 0.620. The second kappa shape index (κ2) is 7.88. The highest BCUT2D eigenvalue weighted by atomic mass is 32.2. The molecule has 1 aliphatic heterocycles. The number of fused-ring (bicyclic) bond motifs is 2. The van der Waals surface area contributed by atoms with Crippen LogP contribution < -0.4 is 14.3 Å². The lowest BCUT2D eigenvalue weighted by molar-refractivity contribution is -0.143. The summed E-state index contributed by atoms with van der Waals surface area (Å²) < 4.78 is 48.0. The Hall–Kier alpha value is -2.85. The van der Waals surface area contributed by atoms with Crippen molar-refractivity contribution in [2.24, 2.45) is 4.40 Å². The minimum absolute atomic E-state index is 0.0751. The first-order chi connectivity index (χ1) is 14.0. The van der Waals surface area contributed by atoms with E-state index in [9.17, 15) is 13.2 Å². The number of thiazole rings is 1. The molecule has 2 aromatic carbocycles. The molecule has 8 nitrogen and oxygen atoms in total. The van der Waals surface area contributed by atoms with Crippen LogP contribution in [-0.4, -0.2) is 38.8 Å². The fourth-order valence-electron chi connectivity index (χ4n) is 2.91. The molecule has 3 aromatic rings. The molecule has 0 radical (unpaired) electrons. The van der Waals surface area contributed by atoms with Crippen LogP contribution in [0.4, 0.5) is 0 Å². The van der Waals surface area contributed by atoms with Gasteiger partial charge < -0.3 is 18.8 Å². The summed E-state index contributed by atoms with van der Waals surface area (Å²) >= 11 is 1.15. The molecule has 0 saturated heterocycles. The molecule has 152 valence electrons. The van der Waals surface area contributed by atoms with Crippen molar-refractivity contribution in [2.45, 2.75) is 18.4 Å². The molecular formula is C19H18N2O6S2. The third kappa shape index (κ3) is 3.99. The number of carbonyl (C=O) groups excluding carboxylic acids is 1. The molecular weight excluding hydrogens is 416 g/mol. The molecule has 1 aliphatic rings. The van der Waals surface area contributed by atoms with E-state index in [1.165, 1.54) is 16.7 Å². The topological polar surface area (TPSA) is 96.2 Å². The molecule has 0 bridgehead atoms. The number of carbonyl (C=O) groups is 1. The molecule has 10 heteroatoms. The second-order valence-corrected chi connectivity index (χ2v) is 8.73. The molecule has 0 unspecified atom stereocenters. The van der Waals surface area contributed by atoms with Gasteiger partial charge in [-0.1, -0.05) is 29.5 Å². The summed E-state index contributed by atoms with van der Waals surface area (Å²) in [4.78, 5) is 12.4. The average Bonchev–Trinajstić information content (AvgIpc) is 3.02. The van der Waals surface area contributed by atoms with E-state index in [0.717, 1.165) is 16.0 Å². The third-order valence-electron chi connectivity index (χ3n) is 4.18. The van der Waals surface area contributed by atoms with Crippen molar-refractivity contribution in [1.29, 1.82) is 0 Å². The van der Waals surface area contributed by atoms with Gasteiger partial charge in [-0.25, -0.2) is 0 Å². The van der Waals surface area contributed by atoms with Gasteiger partial charge in [0.05, 0.1) is 21.7 Å². The average molecular weight is 434 g/mol. The van der Waals surface area contributed by atoms with Crippen LogP contribution in [-0.2, 0) is 26.1 Å². The first-order valence-corrected chi connectivity index (χ1v) is 11.2. The van der Waals surface area contributed by atoms with Crippen LogP contribution in [0.2, 0.25) is 0 Å². The van der Waals surface area contributed by atoms with Gasteiger partial charge >= 0.3 is 5.97 Å². The molecule has 0 fully saturated rings. The second-order valence-electron chi connectivity index (χ2n) is 6.12. The van der Waals surface area contributed by atoms with Gasteiger partial charge in [0.25, 0.3) is 10.0 Å². The van der Waals surface area contributed by atoms with Gasteiger partial charge in [-0.3, -0.25) is 4.79 Å². The predicted molar refractivity (Wildman–Crippen MR) is 107 cm³/mol. The van der Waals surface area contributed by atoms with Crippen molar-refractivity contribution in [3.63, 3.8) is 0 Å². The Kier molecular flexibility index (Phi) is 5.29. The Morgan fingerprint density at radius 3 is 2.55 bits per heavy atom. The number of sulfonamides is 1. The van der Waals surface area contributed by atoms with Crippen molar-refractivity contribution >= 4 is 37.5 Å². The molecule has 0 aliphatic carbocycles. The summed E-state index contributed by atoms with van der Waals surface area (Å²) in [7, 11) is -3.95. The lowest BCUT2D eigenvalue weighted by Gasteiger charge is -2.18. The zero-order chi connectivity index (χ0) is 20.4. The summed E-state index contributed by atoms with van der Waals surface area (Å²) in [6, 6.07) is 11.4. The van der Waals surface area contributed by atoms with Crippen LogP contribution in [0.1, 0.15) is 6.92 Å². The molecule has 2 heterocycles. The van der Waals surface area contributed by atoms with Crippen molar-refractivity contribution in [1.82, 2.24) is 4.57 Å². The number of aromatic nitrogens is 1. The number of ether oxygens (including phenoxy) is 3. The van der Waals surface area contributed by atoms with Gasteiger partial charge in [-0.2, -0.15) is 8.42 Å². The maximum absolute atomic E-state index is 12.8. The first-order valence-electron chi connectivity index (χ1n) is 8.92. The zero-order valence-electron chi connectivity index (χ0n) is 15.5. The third-order valence-corrected chi connectivity index (χ3v) is 6.62. The summed E-state index contributed by atoms with van der Waals surface area (Å²) in [6.07, 6.45) is 0. The van der Waals surface area contributed by atoms with Gasteiger partial charge in [-0.15, -0.1) is 4.40 Å². The van der Waals surface area contributed by atoms with Gasteiger partial charge in [-0.05, 0) is 19.1 Å². The number of benzene rings is 2. The van der Waals surface area contributed by atoms with E-state index in [2.05, 4.69) is 4.40 Å². The predicted octanol–water partition coefficient (Wildman–Crippen LogP) is 2.33. The smallest absolute Gasteiger partial charge is 0.326 e. The summed E-state index contributed by atoms with van der Waals surface area (Å²) in [6.45, 7) is 2.62. The summed E-state index contributed by atoms with van der Waals surface area (Å²) in [5, 5.41) is 0. The molecule has 29 heavy (non-hydrogen) atoms. The molecule has 0 N–H and O–H groups in total. The fraction of sp³-hybridized carbons (Fsp3) is 0.263. The van der Waals surface area contributed by atoms with Crippen LogP contribution >= 0.6 is 11.3 Å². The van der Waals surface area contributed by atoms with Crippen LogP contribution in [0, 0.1) is 0 Å². The van der Waals surface area contributed by atoms with E-state index in [0.29, 0.717) is 30.2 Å². The fourth-order valence-corrected chi connectivity index (χ4v) is 5.18. The molecule has 0 atom stereocenters. The Morgan fingerprint density at radius 1 is 1.17 bits per heavy atom. The maximum Gasteiger partial charge on any atom is 0.326 e. The Bertz CT molecular complexity index is 1230. The molecule has 0 amide bonds. The summed E-state index contributed by atoms with van der Waals surface area (Å²) in [5.74, 6) is 0.628. The van der Waals surface area contributed by atoms with E-state index < -0.39 is 16.0 Å². The van der Waals surface area contributed by atoms with Crippen molar-refractivity contribution in [3.05, 3.63) is 47.3 Å². The van der Waals surface area contributed by atoms with Crippen molar-refractivity contribution < 1.29 is 27.4 Å². The van der Waals surface area contributed by atoms with Crippen molar-refractivity contribution in [2.75, 3.05) is 19.8 Å². The highest BCUT2D eigenvalue weighted by Crippen LogP contribution is 2.35. The highest BCUT2D eigenvalue weighted by Gasteiger charge is 2.20. The number of hydrogen-bond donors (Lipinski definition) is 0. The van der Waals surface area contributed by atoms with E-state index in [1.807, 2.05) is 0 Å². The zero-order valence-corrected chi connectivity index (χ0v) is 17.2. The normalized spacial score (nSPS) is 14.2. The minimum Gasteiger partial charge on any atom is -0.486 e. The van der Waals surface area contributed by atoms with Gasteiger partial charge in [0.1, 0.15) is 19.8 Å². The number of rotatable bonds is 5. The van der Waals surface area contributed by atoms with Gasteiger partial charge in [0.15, 0.2) is 11.5 Å². The van der Waals surface area contributed by atoms with Crippen LogP contribution in [0.15, 0.2) is 51.8 Å². The van der Waals surface area contributed by atoms with E-state index in [1.54, 1.807) is 37.3 Å². The van der Waals surface area contributed by atoms with Crippen LogP contribution in [0.5, 0.6) is 11.5 Å². The quantitative estimate of drug-likeness (QED) is 0.572. The monoisotopic (exact) mass is 434 g/mol. The lowest BCUT2D eigenvalue weighted by Crippen LogP contribution is -2.23. The largest absolute Gasteiger partial charge is 0.486 e. The molecule has 0 spiro atoms. The van der Waals surface area contributed by atoms with E-state index >= 15 is 0 Å². The van der Waals surface area contributed by atoms with Crippen LogP contribution in [0.3, 0.4) is 0 Å². The SMILES string of the molecule is CCOC(=O)Cn1/c(=N/S(=O)(=O)c2ccccc2)sc2cc3c(cc21)OCCO3. The number of esters is 1. The lowest BCUT2D eigenvalue weighted by atomic mass is 10.2. The Labute approximate surface area is 171 Å². The maximum atomic E-state index is 12.8. The standard InChI is InChI=1S/C19H18N2O6S2/c1-2-25-18(22)12-21-14-10-15-16(27-9-8-26-15)11-17(14)28-19(21)20-29(23,24)13-6-4-3-5-7-13/h3-7,10-11H,2,8-9,12H2,1H3/b20-19-. The van der Waals surface area contributed by atoms with E-state index in [-0.39, 0.29) is 22.8 Å².